The first-order chi connectivity index (χ1) is 11.4. The average molecular weight is 372 g/mol. The number of fused-ring (bicyclic) bond motifs is 1. The van der Waals surface area contributed by atoms with Gasteiger partial charge in [-0.1, -0.05) is 11.8 Å². The van der Waals surface area contributed by atoms with Crippen molar-refractivity contribution in [1.82, 2.24) is 4.98 Å². The van der Waals surface area contributed by atoms with Gasteiger partial charge >= 0.3 is 6.18 Å². The molecule has 0 saturated heterocycles. The molecule has 3 rings (SSSR count). The van der Waals surface area contributed by atoms with Gasteiger partial charge in [-0.25, -0.2) is 4.98 Å². The number of nitrogens with zero attached hydrogens (tertiary/aromatic N) is 1. The molecule has 0 aliphatic heterocycles. The third-order valence-electron chi connectivity index (χ3n) is 3.16. The lowest BCUT2D eigenvalue weighted by Gasteiger charge is -2.04. The van der Waals surface area contributed by atoms with Crippen LogP contribution >= 0.6 is 23.1 Å². The number of carbonyl (C=O) groups excluding carboxylic acids is 1. The predicted octanol–water partition coefficient (Wildman–Crippen LogP) is 4.34. The van der Waals surface area contributed by atoms with E-state index >= 15 is 0 Å². The number of thiophene rings is 1. The number of carbonyl (C=O) groups is 1. The van der Waals surface area contributed by atoms with Gasteiger partial charge in [0.05, 0.1) is 16.2 Å². The first-order valence-corrected chi connectivity index (χ1v) is 8.59. The van der Waals surface area contributed by atoms with Crippen molar-refractivity contribution in [3.8, 4) is 0 Å². The molecular weight excluding hydrogens is 361 g/mol. The van der Waals surface area contributed by atoms with E-state index in [1.54, 1.807) is 12.1 Å². The predicted molar refractivity (Wildman–Crippen MR) is 86.3 cm³/mol. The van der Waals surface area contributed by atoms with Gasteiger partial charge in [-0.3, -0.25) is 4.79 Å². The van der Waals surface area contributed by atoms with E-state index in [0.29, 0.717) is 11.4 Å². The van der Waals surface area contributed by atoms with E-state index in [1.165, 1.54) is 17.4 Å². The number of halogens is 3. The van der Waals surface area contributed by atoms with Crippen LogP contribution < -0.4 is 5.73 Å². The Kier molecular flexibility index (Phi) is 4.66. The normalized spacial score (nSPS) is 12.0. The van der Waals surface area contributed by atoms with Crippen molar-refractivity contribution in [3.05, 3.63) is 45.6 Å². The summed E-state index contributed by atoms with van der Waals surface area (Å²) < 4.78 is 43.4. The van der Waals surface area contributed by atoms with Crippen LogP contribution in [0.2, 0.25) is 0 Å². The van der Waals surface area contributed by atoms with Crippen molar-refractivity contribution in [2.75, 3.05) is 5.75 Å². The Bertz CT molecular complexity index is 886. The number of hydrogen-bond donors (Lipinski definition) is 1. The lowest BCUT2D eigenvalue weighted by Crippen LogP contribution is -2.03. The van der Waals surface area contributed by atoms with E-state index in [4.69, 9.17) is 10.2 Å². The number of aromatic nitrogens is 1. The molecule has 1 aromatic carbocycles. The van der Waals surface area contributed by atoms with Crippen LogP contribution in [0.15, 0.2) is 40.0 Å². The number of rotatable bonds is 5. The first kappa shape index (κ1) is 17.0. The molecule has 0 spiro atoms. The molecule has 0 aliphatic rings. The lowest BCUT2D eigenvalue weighted by molar-refractivity contribution is -0.137. The molecule has 2 aromatic heterocycles. The van der Waals surface area contributed by atoms with Crippen LogP contribution in [-0.4, -0.2) is 16.5 Å². The maximum absolute atomic E-state index is 12.7. The van der Waals surface area contributed by atoms with Gasteiger partial charge in [0.1, 0.15) is 5.52 Å². The quantitative estimate of drug-likeness (QED) is 0.533. The number of ketones is 1. The molecule has 0 fully saturated rings. The van der Waals surface area contributed by atoms with Crippen LogP contribution in [0.3, 0.4) is 0 Å². The summed E-state index contributed by atoms with van der Waals surface area (Å²) in [6, 6.07) is 6.59. The monoisotopic (exact) mass is 372 g/mol. The summed E-state index contributed by atoms with van der Waals surface area (Å²) in [5.41, 5.74) is 5.08. The van der Waals surface area contributed by atoms with Crippen molar-refractivity contribution in [3.63, 3.8) is 0 Å². The molecule has 0 amide bonds. The second-order valence-electron chi connectivity index (χ2n) is 4.84. The first-order valence-electron chi connectivity index (χ1n) is 6.79. The molecule has 2 heterocycles. The Morgan fingerprint density at radius 3 is 2.75 bits per heavy atom. The van der Waals surface area contributed by atoms with E-state index in [1.807, 2.05) is 0 Å². The summed E-state index contributed by atoms with van der Waals surface area (Å²) in [5, 5.41) is 0.160. The highest BCUT2D eigenvalue weighted by Crippen LogP contribution is 2.32. The summed E-state index contributed by atoms with van der Waals surface area (Å²) in [6.07, 6.45) is -4.43. The Hall–Kier alpha value is -1.84. The number of oxazole rings is 1. The van der Waals surface area contributed by atoms with E-state index in [-0.39, 0.29) is 27.9 Å². The summed E-state index contributed by atoms with van der Waals surface area (Å²) in [5.74, 6) is -0.0216. The molecule has 0 atom stereocenters. The van der Waals surface area contributed by atoms with Crippen LogP contribution in [-0.2, 0) is 12.7 Å². The fourth-order valence-electron chi connectivity index (χ4n) is 1.98. The highest BCUT2D eigenvalue weighted by atomic mass is 32.2. The Labute approximate surface area is 142 Å². The van der Waals surface area contributed by atoms with Gasteiger partial charge in [0, 0.05) is 11.4 Å². The van der Waals surface area contributed by atoms with Crippen LogP contribution in [0, 0.1) is 0 Å². The van der Waals surface area contributed by atoms with Gasteiger partial charge in [0.2, 0.25) is 0 Å². The highest BCUT2D eigenvalue weighted by molar-refractivity contribution is 7.99. The second-order valence-corrected chi connectivity index (χ2v) is 6.94. The molecule has 4 nitrogen and oxygen atoms in total. The van der Waals surface area contributed by atoms with Crippen molar-refractivity contribution in [2.45, 2.75) is 17.9 Å². The van der Waals surface area contributed by atoms with Crippen molar-refractivity contribution < 1.29 is 22.4 Å². The fraction of sp³-hybridized carbons (Fsp3) is 0.200. The molecule has 0 unspecified atom stereocenters. The SMILES string of the molecule is NCc1ccc(C(=O)CSc2nc3cc(C(F)(F)F)ccc3o2)s1. The molecule has 0 bridgehead atoms. The van der Waals surface area contributed by atoms with Gasteiger partial charge in [0.25, 0.3) is 5.22 Å². The number of alkyl halides is 3. The fourth-order valence-corrected chi connectivity index (χ4v) is 3.62. The Morgan fingerprint density at radius 1 is 1.29 bits per heavy atom. The third kappa shape index (κ3) is 3.63. The van der Waals surface area contributed by atoms with Crippen LogP contribution in [0.1, 0.15) is 20.1 Å². The smallest absolute Gasteiger partial charge is 0.416 e. The zero-order chi connectivity index (χ0) is 17.3. The van der Waals surface area contributed by atoms with Crippen LogP contribution in [0.25, 0.3) is 11.1 Å². The van der Waals surface area contributed by atoms with Crippen LogP contribution in [0.4, 0.5) is 13.2 Å². The number of benzene rings is 1. The van der Waals surface area contributed by atoms with E-state index < -0.39 is 11.7 Å². The van der Waals surface area contributed by atoms with Crippen LogP contribution in [0.5, 0.6) is 0 Å². The molecule has 0 saturated carbocycles. The molecule has 0 radical (unpaired) electrons. The second kappa shape index (κ2) is 6.58. The highest BCUT2D eigenvalue weighted by Gasteiger charge is 2.31. The number of nitrogens with two attached hydrogens (primary N) is 1. The van der Waals surface area contributed by atoms with Gasteiger partial charge in [-0.15, -0.1) is 11.3 Å². The van der Waals surface area contributed by atoms with Gasteiger partial charge in [-0.05, 0) is 30.3 Å². The molecule has 9 heteroatoms. The number of hydrogen-bond acceptors (Lipinski definition) is 6. The average Bonchev–Trinajstić information content (AvgIpc) is 3.17. The summed E-state index contributed by atoms with van der Waals surface area (Å²) in [4.78, 5) is 17.6. The topological polar surface area (TPSA) is 69.1 Å². The third-order valence-corrected chi connectivity index (χ3v) is 5.14. The minimum absolute atomic E-state index is 0.0868. The van der Waals surface area contributed by atoms with Crippen molar-refractivity contribution in [2.24, 2.45) is 5.73 Å². The zero-order valence-electron chi connectivity index (χ0n) is 12.1. The largest absolute Gasteiger partial charge is 0.431 e. The van der Waals surface area contributed by atoms with Crippen molar-refractivity contribution >= 4 is 40.0 Å². The van der Waals surface area contributed by atoms with Crippen molar-refractivity contribution in [1.29, 1.82) is 0 Å². The van der Waals surface area contributed by atoms with E-state index in [2.05, 4.69) is 4.98 Å². The maximum Gasteiger partial charge on any atom is 0.416 e. The van der Waals surface area contributed by atoms with E-state index in [9.17, 15) is 18.0 Å². The maximum atomic E-state index is 12.7. The van der Waals surface area contributed by atoms with Gasteiger partial charge in [-0.2, -0.15) is 13.2 Å². The summed E-state index contributed by atoms with van der Waals surface area (Å²) in [7, 11) is 0. The Balaban J connectivity index is 1.72. The molecule has 0 aliphatic carbocycles. The summed E-state index contributed by atoms with van der Waals surface area (Å²) in [6.45, 7) is 0.373. The molecular formula is C15H11F3N2O2S2. The zero-order valence-corrected chi connectivity index (χ0v) is 13.7. The summed E-state index contributed by atoms with van der Waals surface area (Å²) >= 11 is 2.37. The minimum atomic E-state index is -4.43. The number of Topliss-reactive ketones (excluding diaryl/α,β-unsaturated/α-hetero) is 1. The number of thioether (sulfide) groups is 1. The van der Waals surface area contributed by atoms with Gasteiger partial charge in [0.15, 0.2) is 11.4 Å². The lowest BCUT2D eigenvalue weighted by atomic mass is 10.2. The van der Waals surface area contributed by atoms with Gasteiger partial charge < -0.3 is 10.2 Å². The Morgan fingerprint density at radius 2 is 2.08 bits per heavy atom. The molecule has 3 aromatic rings. The molecule has 2 N–H and O–H groups in total. The molecule has 126 valence electrons. The van der Waals surface area contributed by atoms with E-state index in [0.717, 1.165) is 28.8 Å². The molecule has 24 heavy (non-hydrogen) atoms. The minimum Gasteiger partial charge on any atom is -0.431 e. The standard InChI is InChI=1S/C15H11F3N2O2S2/c16-15(17,18)8-1-3-12-10(5-8)20-14(22-12)23-7-11(21)13-4-2-9(6-19)24-13/h1-5H,6-7,19H2.